The lowest BCUT2D eigenvalue weighted by Crippen LogP contribution is -2.24. The van der Waals surface area contributed by atoms with Crippen molar-refractivity contribution in [1.29, 1.82) is 0 Å². The van der Waals surface area contributed by atoms with Crippen LogP contribution in [0.2, 0.25) is 19.6 Å². The zero-order valence-electron chi connectivity index (χ0n) is 6.66. The molecule has 0 spiro atoms. The van der Waals surface area contributed by atoms with Crippen molar-refractivity contribution >= 4 is 19.7 Å². The summed E-state index contributed by atoms with van der Waals surface area (Å²) >= 11 is 5.72. The third-order valence-corrected chi connectivity index (χ3v) is 4.36. The average Bonchev–Trinajstić information content (AvgIpc) is 1.65. The standard InChI is InChI=1S/C7H15ClSi/c1-5-7(6-8)9(2,3)4/h5H,6H2,1-4H3/b7-5+. The van der Waals surface area contributed by atoms with Gasteiger partial charge in [-0.3, -0.25) is 0 Å². The Morgan fingerprint density at radius 3 is 1.89 bits per heavy atom. The topological polar surface area (TPSA) is 0 Å². The van der Waals surface area contributed by atoms with Gasteiger partial charge in [0, 0.05) is 5.88 Å². The molecule has 9 heavy (non-hydrogen) atoms. The van der Waals surface area contributed by atoms with Crippen molar-refractivity contribution in [2.75, 3.05) is 5.88 Å². The summed E-state index contributed by atoms with van der Waals surface area (Å²) in [6, 6.07) is 0. The van der Waals surface area contributed by atoms with Gasteiger partial charge in [0.2, 0.25) is 0 Å². The summed E-state index contributed by atoms with van der Waals surface area (Å²) in [5.41, 5.74) is 0. The van der Waals surface area contributed by atoms with Crippen molar-refractivity contribution in [2.45, 2.75) is 26.6 Å². The number of hydrogen-bond acceptors (Lipinski definition) is 0. The first-order valence-electron chi connectivity index (χ1n) is 3.24. The summed E-state index contributed by atoms with van der Waals surface area (Å²) in [5, 5.41) is 1.45. The van der Waals surface area contributed by atoms with Gasteiger partial charge in [-0.1, -0.05) is 30.9 Å². The van der Waals surface area contributed by atoms with Gasteiger partial charge in [-0.05, 0) is 6.92 Å². The van der Waals surface area contributed by atoms with E-state index in [2.05, 4.69) is 32.6 Å². The van der Waals surface area contributed by atoms with Crippen LogP contribution in [0.5, 0.6) is 0 Å². The van der Waals surface area contributed by atoms with Gasteiger partial charge in [0.25, 0.3) is 0 Å². The molecule has 0 aliphatic heterocycles. The van der Waals surface area contributed by atoms with Crippen molar-refractivity contribution in [3.05, 3.63) is 11.3 Å². The predicted octanol–water partition coefficient (Wildman–Crippen LogP) is 3.05. The maximum absolute atomic E-state index is 5.72. The number of allylic oxidation sites excluding steroid dienone is 2. The van der Waals surface area contributed by atoms with E-state index in [4.69, 9.17) is 11.6 Å². The van der Waals surface area contributed by atoms with Crippen molar-refractivity contribution in [3.63, 3.8) is 0 Å². The molecular weight excluding hydrogens is 148 g/mol. The molecule has 0 amide bonds. The molecule has 0 heterocycles. The lowest BCUT2D eigenvalue weighted by molar-refractivity contribution is 1.49. The van der Waals surface area contributed by atoms with E-state index in [1.54, 1.807) is 0 Å². The van der Waals surface area contributed by atoms with Gasteiger partial charge >= 0.3 is 0 Å². The van der Waals surface area contributed by atoms with Crippen LogP contribution in [-0.2, 0) is 0 Å². The van der Waals surface area contributed by atoms with Crippen LogP contribution in [-0.4, -0.2) is 14.0 Å². The molecule has 0 atom stereocenters. The molecule has 0 rings (SSSR count). The van der Waals surface area contributed by atoms with E-state index in [0.717, 1.165) is 0 Å². The summed E-state index contributed by atoms with van der Waals surface area (Å²) in [4.78, 5) is 0. The summed E-state index contributed by atoms with van der Waals surface area (Å²) < 4.78 is 0. The van der Waals surface area contributed by atoms with Crippen LogP contribution in [0, 0.1) is 0 Å². The summed E-state index contributed by atoms with van der Waals surface area (Å²) in [6.07, 6.45) is 2.15. The van der Waals surface area contributed by atoms with E-state index in [0.29, 0.717) is 5.88 Å². The summed E-state index contributed by atoms with van der Waals surface area (Å²) in [7, 11) is -1.06. The second-order valence-electron chi connectivity index (χ2n) is 3.20. The molecule has 0 unspecified atom stereocenters. The summed E-state index contributed by atoms with van der Waals surface area (Å²) in [5.74, 6) is 0.715. The monoisotopic (exact) mass is 162 g/mol. The van der Waals surface area contributed by atoms with Gasteiger partial charge in [-0.2, -0.15) is 0 Å². The van der Waals surface area contributed by atoms with Crippen molar-refractivity contribution in [3.8, 4) is 0 Å². The van der Waals surface area contributed by atoms with E-state index in [-0.39, 0.29) is 0 Å². The Morgan fingerprint density at radius 2 is 1.89 bits per heavy atom. The Kier molecular flexibility index (Phi) is 3.52. The zero-order chi connectivity index (χ0) is 7.49. The number of alkyl halides is 1. The molecule has 0 fully saturated rings. The van der Waals surface area contributed by atoms with Crippen LogP contribution in [0.3, 0.4) is 0 Å². The highest BCUT2D eigenvalue weighted by Crippen LogP contribution is 2.14. The Morgan fingerprint density at radius 1 is 1.44 bits per heavy atom. The maximum Gasteiger partial charge on any atom is 0.0735 e. The minimum Gasteiger partial charge on any atom is -0.122 e. The molecule has 0 radical (unpaired) electrons. The second-order valence-corrected chi connectivity index (χ2v) is 8.61. The van der Waals surface area contributed by atoms with Crippen LogP contribution in [0.4, 0.5) is 0 Å². The van der Waals surface area contributed by atoms with Crippen LogP contribution < -0.4 is 0 Å². The van der Waals surface area contributed by atoms with Crippen LogP contribution in [0.1, 0.15) is 6.92 Å². The average molecular weight is 163 g/mol. The molecule has 0 aromatic heterocycles. The van der Waals surface area contributed by atoms with Crippen LogP contribution >= 0.6 is 11.6 Å². The lowest BCUT2D eigenvalue weighted by Gasteiger charge is -2.17. The van der Waals surface area contributed by atoms with Crippen molar-refractivity contribution in [2.24, 2.45) is 0 Å². The van der Waals surface area contributed by atoms with Crippen LogP contribution in [0.25, 0.3) is 0 Å². The Labute approximate surface area is 63.9 Å². The van der Waals surface area contributed by atoms with Gasteiger partial charge in [-0.25, -0.2) is 0 Å². The van der Waals surface area contributed by atoms with Gasteiger partial charge in [0.05, 0.1) is 8.07 Å². The quantitative estimate of drug-likeness (QED) is 0.433. The fourth-order valence-corrected chi connectivity index (χ4v) is 3.33. The molecule has 0 aromatic carbocycles. The highest BCUT2D eigenvalue weighted by Gasteiger charge is 2.16. The number of rotatable bonds is 2. The fourth-order valence-electron chi connectivity index (χ4n) is 0.711. The molecule has 0 aliphatic rings. The fraction of sp³-hybridized carbons (Fsp3) is 0.714. The molecule has 0 bridgehead atoms. The largest absolute Gasteiger partial charge is 0.122 e. The third-order valence-electron chi connectivity index (χ3n) is 1.46. The highest BCUT2D eigenvalue weighted by molar-refractivity contribution is 6.83. The predicted molar refractivity (Wildman–Crippen MR) is 47.8 cm³/mol. The number of hydrogen-bond donors (Lipinski definition) is 0. The van der Waals surface area contributed by atoms with E-state index in [1.165, 1.54) is 5.20 Å². The SMILES string of the molecule is C/C=C(\CCl)[Si](C)(C)C. The summed E-state index contributed by atoms with van der Waals surface area (Å²) in [6.45, 7) is 9.00. The molecule has 54 valence electrons. The van der Waals surface area contributed by atoms with E-state index in [1.807, 2.05) is 0 Å². The first-order chi connectivity index (χ1) is 4.02. The van der Waals surface area contributed by atoms with E-state index >= 15 is 0 Å². The van der Waals surface area contributed by atoms with E-state index < -0.39 is 8.07 Å². The Hall–Kier alpha value is 0.247. The van der Waals surface area contributed by atoms with E-state index in [9.17, 15) is 0 Å². The van der Waals surface area contributed by atoms with Crippen molar-refractivity contribution < 1.29 is 0 Å². The molecule has 0 N–H and O–H groups in total. The smallest absolute Gasteiger partial charge is 0.0735 e. The maximum atomic E-state index is 5.72. The van der Waals surface area contributed by atoms with Gasteiger partial charge < -0.3 is 0 Å². The third kappa shape index (κ3) is 3.07. The highest BCUT2D eigenvalue weighted by atomic mass is 35.5. The number of halogens is 1. The normalized spacial score (nSPS) is 14.1. The Balaban J connectivity index is 4.14. The minimum atomic E-state index is -1.06. The zero-order valence-corrected chi connectivity index (χ0v) is 8.42. The minimum absolute atomic E-state index is 0.715. The van der Waals surface area contributed by atoms with Crippen LogP contribution in [0.15, 0.2) is 11.3 Å². The molecule has 0 aromatic rings. The molecule has 0 saturated heterocycles. The second kappa shape index (κ2) is 3.42. The molecule has 0 saturated carbocycles. The lowest BCUT2D eigenvalue weighted by atomic mass is 10.6. The van der Waals surface area contributed by atoms with Gasteiger partial charge in [0.15, 0.2) is 0 Å². The molecule has 2 heteroatoms. The van der Waals surface area contributed by atoms with Gasteiger partial charge in [-0.15, -0.1) is 11.6 Å². The van der Waals surface area contributed by atoms with Gasteiger partial charge in [0.1, 0.15) is 0 Å². The first kappa shape index (κ1) is 9.25. The molecular formula is C7H15ClSi. The Bertz CT molecular complexity index is 111. The van der Waals surface area contributed by atoms with Crippen molar-refractivity contribution in [1.82, 2.24) is 0 Å². The first-order valence-corrected chi connectivity index (χ1v) is 7.27. The molecule has 0 nitrogen and oxygen atoms in total. The molecule has 0 aliphatic carbocycles.